The van der Waals surface area contributed by atoms with Crippen LogP contribution >= 0.6 is 0 Å². The van der Waals surface area contributed by atoms with Gasteiger partial charge in [-0.2, -0.15) is 0 Å². The maximum absolute atomic E-state index is 5.67. The second-order valence-electron chi connectivity index (χ2n) is 27.3. The van der Waals surface area contributed by atoms with E-state index in [2.05, 4.69) is 214 Å². The zero-order valence-corrected chi connectivity index (χ0v) is 57.6. The highest BCUT2D eigenvalue weighted by Gasteiger charge is 2.27. The fourth-order valence-electron chi connectivity index (χ4n) is 9.25. The first kappa shape index (κ1) is 77.6. The molecule has 10 heterocycles. The Hall–Kier alpha value is -3.44. The van der Waals surface area contributed by atoms with Crippen molar-refractivity contribution in [2.75, 3.05) is 52.9 Å². The summed E-state index contributed by atoms with van der Waals surface area (Å²) in [4.78, 5) is 0. The van der Waals surface area contributed by atoms with Crippen molar-refractivity contribution in [1.82, 2.24) is 0 Å². The van der Waals surface area contributed by atoms with Crippen LogP contribution in [0.2, 0.25) is 0 Å². The van der Waals surface area contributed by atoms with E-state index in [1.165, 1.54) is 42.8 Å². The van der Waals surface area contributed by atoms with Gasteiger partial charge in [-0.25, -0.2) is 0 Å². The summed E-state index contributed by atoms with van der Waals surface area (Å²) in [7, 11) is 0. The van der Waals surface area contributed by atoms with Crippen molar-refractivity contribution in [3.8, 4) is 0 Å². The van der Waals surface area contributed by atoms with Gasteiger partial charge in [0.2, 0.25) is 0 Å². The zero-order valence-electron chi connectivity index (χ0n) is 57.6. The maximum Gasteiger partial charge on any atom is 0.107 e. The fourth-order valence-corrected chi connectivity index (χ4v) is 9.25. The average molecular weight is 1170 g/mol. The van der Waals surface area contributed by atoms with Crippen LogP contribution in [0.3, 0.4) is 0 Å². The van der Waals surface area contributed by atoms with Crippen LogP contribution in [0.15, 0.2) is 96.3 Å². The molecule has 7 atom stereocenters. The second-order valence-corrected chi connectivity index (χ2v) is 27.3. The summed E-state index contributed by atoms with van der Waals surface area (Å²) in [5.74, 6) is 11.4. The average Bonchev–Trinajstić information content (AvgIpc) is 4.28. The highest BCUT2D eigenvalue weighted by Crippen LogP contribution is 2.31. The number of ether oxygens (including phenoxy) is 10. The Morgan fingerprint density at radius 3 is 1.12 bits per heavy atom. The molecule has 10 aliphatic rings. The molecule has 0 saturated carbocycles. The molecule has 10 rings (SSSR count). The van der Waals surface area contributed by atoms with E-state index in [0.717, 1.165) is 108 Å². The molecule has 2 saturated heterocycles. The van der Waals surface area contributed by atoms with E-state index in [0.29, 0.717) is 77.9 Å². The predicted molar refractivity (Wildman–Crippen MR) is 350 cm³/mol. The minimum Gasteiger partial charge on any atom is -0.501 e. The van der Waals surface area contributed by atoms with E-state index >= 15 is 0 Å². The highest BCUT2D eigenvalue weighted by atomic mass is 16.5. The van der Waals surface area contributed by atoms with Crippen molar-refractivity contribution in [3.63, 3.8) is 0 Å². The fraction of sp³-hybridized carbons (Fsp3) is 0.781. The maximum atomic E-state index is 5.67. The molecule has 83 heavy (non-hydrogen) atoms. The molecule has 0 aromatic rings. The van der Waals surface area contributed by atoms with Crippen LogP contribution in [0.25, 0.3) is 0 Å². The van der Waals surface area contributed by atoms with Crippen molar-refractivity contribution in [1.29, 1.82) is 0 Å². The van der Waals surface area contributed by atoms with Crippen molar-refractivity contribution in [3.05, 3.63) is 96.3 Å². The van der Waals surface area contributed by atoms with Crippen molar-refractivity contribution >= 4 is 0 Å². The minimum atomic E-state index is 0.0552. The van der Waals surface area contributed by atoms with Crippen LogP contribution in [0.4, 0.5) is 0 Å². The second kappa shape index (κ2) is 44.1. The first-order valence-electron chi connectivity index (χ1n) is 32.9. The lowest BCUT2D eigenvalue weighted by Gasteiger charge is -2.21. The van der Waals surface area contributed by atoms with Crippen LogP contribution in [-0.2, 0) is 47.4 Å². The molecular formula is C73H130O10. The zero-order chi connectivity index (χ0) is 62.5. The number of hydrogen-bond acceptors (Lipinski definition) is 10. The summed E-state index contributed by atoms with van der Waals surface area (Å²) < 4.78 is 53.0. The van der Waals surface area contributed by atoms with Gasteiger partial charge < -0.3 is 47.4 Å². The summed E-state index contributed by atoms with van der Waals surface area (Å²) in [6.07, 6.45) is 36.5. The molecule has 0 aromatic carbocycles. The van der Waals surface area contributed by atoms with Crippen LogP contribution in [0.5, 0.6) is 0 Å². The topological polar surface area (TPSA) is 92.3 Å². The lowest BCUT2D eigenvalue weighted by atomic mass is 9.98. The number of allylic oxidation sites excluding steroid dienone is 3. The molecule has 0 amide bonds. The third-order valence-corrected chi connectivity index (χ3v) is 15.4. The van der Waals surface area contributed by atoms with Gasteiger partial charge in [-0.1, -0.05) is 163 Å². The molecule has 482 valence electrons. The van der Waals surface area contributed by atoms with Gasteiger partial charge in [-0.15, -0.1) is 0 Å². The summed E-state index contributed by atoms with van der Waals surface area (Å²) in [6, 6.07) is 0. The lowest BCUT2D eigenvalue weighted by molar-refractivity contribution is 0.0485. The largest absolute Gasteiger partial charge is 0.501 e. The molecular weight excluding hydrogens is 1040 g/mol. The van der Waals surface area contributed by atoms with Crippen LogP contribution in [0, 0.1) is 71.0 Å². The SMILES string of the molecule is CC(C)C1=CCC(C)(C)O1.CC(C)C1=CCCO1.CC(C)C1=COCC1.CC(C)C1C=CCO1.CC(C)C1C=CCO1.CC(C)C1C=COC1.CC(C)C1C=COC1.CC(C)C1CCCO1.CC(C)C1CCCO1.CC1CC=C(C(C)C)O1. The Morgan fingerprint density at radius 1 is 0.470 bits per heavy atom. The molecule has 10 aliphatic heterocycles. The molecule has 10 heteroatoms. The van der Waals surface area contributed by atoms with Gasteiger partial charge in [0, 0.05) is 68.5 Å². The highest BCUT2D eigenvalue weighted by molar-refractivity contribution is 5.07. The number of rotatable bonds is 10. The Kier molecular flexibility index (Phi) is 41.2. The quantitative estimate of drug-likeness (QED) is 0.197. The molecule has 0 spiro atoms. The van der Waals surface area contributed by atoms with Gasteiger partial charge in [0.25, 0.3) is 0 Å². The Morgan fingerprint density at radius 2 is 0.952 bits per heavy atom. The van der Waals surface area contributed by atoms with E-state index in [1.54, 1.807) is 12.5 Å². The third-order valence-electron chi connectivity index (χ3n) is 15.4. The van der Waals surface area contributed by atoms with E-state index in [4.69, 9.17) is 47.4 Å². The molecule has 7 unspecified atom stereocenters. The van der Waals surface area contributed by atoms with E-state index in [9.17, 15) is 0 Å². The molecule has 0 bridgehead atoms. The first-order chi connectivity index (χ1) is 39.1. The Bertz CT molecular complexity index is 1730. The van der Waals surface area contributed by atoms with Crippen molar-refractivity contribution in [2.24, 2.45) is 71.0 Å². The third kappa shape index (κ3) is 36.3. The first-order valence-corrected chi connectivity index (χ1v) is 32.9. The van der Waals surface area contributed by atoms with Crippen molar-refractivity contribution < 1.29 is 47.4 Å². The Labute approximate surface area is 512 Å². The summed E-state index contributed by atoms with van der Waals surface area (Å²) >= 11 is 0. The summed E-state index contributed by atoms with van der Waals surface area (Å²) in [5.41, 5.74) is 1.50. The summed E-state index contributed by atoms with van der Waals surface area (Å²) in [6.45, 7) is 57.2. The normalized spacial score (nSPS) is 25.3. The van der Waals surface area contributed by atoms with Gasteiger partial charge in [-0.05, 0) is 124 Å². The smallest absolute Gasteiger partial charge is 0.107 e. The van der Waals surface area contributed by atoms with Gasteiger partial charge >= 0.3 is 0 Å². The van der Waals surface area contributed by atoms with Crippen LogP contribution in [-0.4, -0.2) is 89.0 Å². The molecule has 2 fully saturated rings. The van der Waals surface area contributed by atoms with Gasteiger partial charge in [-0.3, -0.25) is 0 Å². The predicted octanol–water partition coefficient (Wildman–Crippen LogP) is 19.4. The number of hydrogen-bond donors (Lipinski definition) is 0. The molecule has 10 nitrogen and oxygen atoms in total. The molecule has 0 aliphatic carbocycles. The van der Waals surface area contributed by atoms with Gasteiger partial charge in [0.05, 0.1) is 106 Å². The minimum absolute atomic E-state index is 0.0552. The van der Waals surface area contributed by atoms with Gasteiger partial charge in [0.1, 0.15) is 5.60 Å². The van der Waals surface area contributed by atoms with Crippen molar-refractivity contribution in [2.45, 2.75) is 247 Å². The van der Waals surface area contributed by atoms with E-state index < -0.39 is 0 Å². The summed E-state index contributed by atoms with van der Waals surface area (Å²) in [5, 5.41) is 0. The van der Waals surface area contributed by atoms with Gasteiger partial charge in [0.15, 0.2) is 0 Å². The van der Waals surface area contributed by atoms with E-state index in [1.807, 2.05) is 6.26 Å². The molecule has 0 N–H and O–H groups in total. The Balaban J connectivity index is 0.000000461. The molecule has 0 aromatic heterocycles. The van der Waals surface area contributed by atoms with Crippen LogP contribution < -0.4 is 0 Å². The standard InChI is InChI=1S/C9H16O.C8H14O.3C7H12O.2C7H14O.3C7H12O/c1-7(2)8-5-6-9(3,4)10-8;1-6(2)8-5-4-7(3)9-8;3*1-6(2)7-3-4-8-5-7;5*1-6(2)7-4-3-5-8-7/h5,7H,6H2,1-4H3;5-7H,4H2,1-3H3;5-6H,3-4H2,1-2H3;2*3-4,6-7H,5H2,1-2H3;2*6-7H,3-5H2,1-2H3;4,6H,3,5H2,1-2H3;2*3-4,6-7H,5H2,1-2H3. The van der Waals surface area contributed by atoms with E-state index in [-0.39, 0.29) is 5.60 Å². The lowest BCUT2D eigenvalue weighted by Crippen LogP contribution is -2.18. The monoisotopic (exact) mass is 1170 g/mol. The molecule has 0 radical (unpaired) electrons. The van der Waals surface area contributed by atoms with Crippen LogP contribution in [0.1, 0.15) is 211 Å².